The van der Waals surface area contributed by atoms with Crippen molar-refractivity contribution >= 4 is 17.5 Å². The number of amides is 2. The van der Waals surface area contributed by atoms with Crippen LogP contribution in [0, 0.1) is 25.2 Å². The predicted octanol–water partition coefficient (Wildman–Crippen LogP) is 3.04. The van der Waals surface area contributed by atoms with E-state index in [9.17, 15) is 9.59 Å². The van der Waals surface area contributed by atoms with E-state index in [2.05, 4.69) is 10.6 Å². The van der Waals surface area contributed by atoms with Gasteiger partial charge in [0.25, 0.3) is 0 Å². The van der Waals surface area contributed by atoms with E-state index < -0.39 is 5.41 Å². The van der Waals surface area contributed by atoms with E-state index in [1.165, 1.54) is 5.56 Å². The van der Waals surface area contributed by atoms with Crippen molar-refractivity contribution < 1.29 is 9.59 Å². The quantitative estimate of drug-likeness (QED) is 0.819. The molecule has 2 N–H and O–H groups in total. The third-order valence-electron chi connectivity index (χ3n) is 3.57. The summed E-state index contributed by atoms with van der Waals surface area (Å²) in [7, 11) is 0. The van der Waals surface area contributed by atoms with E-state index in [4.69, 9.17) is 0 Å². The molecule has 0 fully saturated rings. The van der Waals surface area contributed by atoms with Gasteiger partial charge in [-0.1, -0.05) is 19.9 Å². The van der Waals surface area contributed by atoms with Gasteiger partial charge in [-0.05, 0) is 56.9 Å². The highest BCUT2D eigenvalue weighted by molar-refractivity contribution is 6.09. The Kier molecular flexibility index (Phi) is 5.53. The normalized spacial score (nSPS) is 11.4. The zero-order chi connectivity index (χ0) is 16.2. The van der Waals surface area contributed by atoms with Crippen LogP contribution in [-0.4, -0.2) is 18.4 Å². The van der Waals surface area contributed by atoms with Gasteiger partial charge in [0.1, 0.15) is 5.41 Å². The van der Waals surface area contributed by atoms with E-state index in [1.807, 2.05) is 45.9 Å². The van der Waals surface area contributed by atoms with Crippen molar-refractivity contribution in [3.05, 3.63) is 29.3 Å². The van der Waals surface area contributed by atoms with Crippen molar-refractivity contribution in [1.82, 2.24) is 5.32 Å². The van der Waals surface area contributed by atoms with Gasteiger partial charge in [0.05, 0.1) is 0 Å². The lowest BCUT2D eigenvalue weighted by Crippen LogP contribution is -2.46. The van der Waals surface area contributed by atoms with Crippen molar-refractivity contribution in [2.45, 2.75) is 41.5 Å². The Hall–Kier alpha value is -1.84. The number of carbonyl (C=O) groups excluding carboxylic acids is 2. The van der Waals surface area contributed by atoms with Gasteiger partial charge in [-0.2, -0.15) is 0 Å². The number of hydrogen-bond donors (Lipinski definition) is 2. The maximum absolute atomic E-state index is 12.3. The molecule has 0 bridgehead atoms. The van der Waals surface area contributed by atoms with Crippen molar-refractivity contribution in [1.29, 1.82) is 0 Å². The van der Waals surface area contributed by atoms with Gasteiger partial charge in [-0.25, -0.2) is 0 Å². The first kappa shape index (κ1) is 17.2. The third-order valence-corrected chi connectivity index (χ3v) is 3.57. The Bertz CT molecular complexity index is 534. The smallest absolute Gasteiger partial charge is 0.239 e. The summed E-state index contributed by atoms with van der Waals surface area (Å²) in [5, 5.41) is 5.63. The van der Waals surface area contributed by atoms with Crippen LogP contribution in [0.5, 0.6) is 0 Å². The summed E-state index contributed by atoms with van der Waals surface area (Å²) in [5.41, 5.74) is 1.89. The van der Waals surface area contributed by atoms with Gasteiger partial charge in [0.2, 0.25) is 11.8 Å². The Morgan fingerprint density at radius 3 is 2.24 bits per heavy atom. The molecule has 0 saturated heterocycles. The number of rotatable bonds is 5. The molecular weight excluding hydrogens is 264 g/mol. The summed E-state index contributed by atoms with van der Waals surface area (Å²) in [6.07, 6.45) is 0. The summed E-state index contributed by atoms with van der Waals surface area (Å²) >= 11 is 0. The lowest BCUT2D eigenvalue weighted by atomic mass is 9.90. The maximum Gasteiger partial charge on any atom is 0.239 e. The number of aryl methyl sites for hydroxylation is 2. The first-order chi connectivity index (χ1) is 9.64. The van der Waals surface area contributed by atoms with Crippen molar-refractivity contribution in [2.75, 3.05) is 11.9 Å². The molecule has 0 radical (unpaired) electrons. The summed E-state index contributed by atoms with van der Waals surface area (Å²) in [4.78, 5) is 24.5. The monoisotopic (exact) mass is 290 g/mol. The lowest BCUT2D eigenvalue weighted by molar-refractivity contribution is -0.138. The van der Waals surface area contributed by atoms with Crippen LogP contribution in [0.15, 0.2) is 18.2 Å². The molecule has 0 atom stereocenters. The fourth-order valence-electron chi connectivity index (χ4n) is 1.73. The van der Waals surface area contributed by atoms with Crippen LogP contribution in [0.4, 0.5) is 5.69 Å². The van der Waals surface area contributed by atoms with Crippen LogP contribution >= 0.6 is 0 Å². The molecule has 0 heterocycles. The molecule has 4 nitrogen and oxygen atoms in total. The van der Waals surface area contributed by atoms with E-state index in [0.717, 1.165) is 5.56 Å². The Balaban J connectivity index is 2.76. The average Bonchev–Trinajstić information content (AvgIpc) is 2.39. The summed E-state index contributed by atoms with van der Waals surface area (Å²) in [6, 6.07) is 5.72. The molecule has 2 amide bonds. The molecule has 0 aliphatic rings. The molecule has 0 aliphatic heterocycles. The molecule has 116 valence electrons. The number of nitrogens with one attached hydrogen (secondary N) is 2. The molecule has 21 heavy (non-hydrogen) atoms. The molecule has 0 aromatic heterocycles. The number of carbonyl (C=O) groups is 2. The van der Waals surface area contributed by atoms with E-state index in [1.54, 1.807) is 13.8 Å². The zero-order valence-electron chi connectivity index (χ0n) is 13.8. The molecule has 1 rings (SSSR count). The molecule has 0 spiro atoms. The van der Waals surface area contributed by atoms with E-state index >= 15 is 0 Å². The fraction of sp³-hybridized carbons (Fsp3) is 0.529. The standard InChI is InChI=1S/C17H26N2O2/c1-11(2)10-18-15(20)17(5,6)16(21)19-14-8-7-12(3)13(4)9-14/h7-9,11H,10H2,1-6H3,(H,18,20)(H,19,21). The Morgan fingerprint density at radius 1 is 1.10 bits per heavy atom. The largest absolute Gasteiger partial charge is 0.355 e. The van der Waals surface area contributed by atoms with Crippen LogP contribution < -0.4 is 10.6 Å². The van der Waals surface area contributed by atoms with Gasteiger partial charge in [0, 0.05) is 12.2 Å². The minimum absolute atomic E-state index is 0.252. The summed E-state index contributed by atoms with van der Waals surface area (Å²) in [5.74, 6) is -0.197. The predicted molar refractivity (Wildman–Crippen MR) is 86.2 cm³/mol. The average molecular weight is 290 g/mol. The fourth-order valence-corrected chi connectivity index (χ4v) is 1.73. The highest BCUT2D eigenvalue weighted by Gasteiger charge is 2.35. The molecule has 0 aliphatic carbocycles. The molecular formula is C17H26N2O2. The minimum atomic E-state index is -1.10. The van der Waals surface area contributed by atoms with Gasteiger partial charge in [0.15, 0.2) is 0 Å². The highest BCUT2D eigenvalue weighted by Crippen LogP contribution is 2.20. The SMILES string of the molecule is Cc1ccc(NC(=O)C(C)(C)C(=O)NCC(C)C)cc1C. The van der Waals surface area contributed by atoms with Crippen LogP contribution in [0.1, 0.15) is 38.8 Å². The molecule has 1 aromatic carbocycles. The minimum Gasteiger partial charge on any atom is -0.355 e. The van der Waals surface area contributed by atoms with Gasteiger partial charge in [-0.3, -0.25) is 9.59 Å². The van der Waals surface area contributed by atoms with Crippen LogP contribution in [0.25, 0.3) is 0 Å². The van der Waals surface area contributed by atoms with Crippen LogP contribution in [0.2, 0.25) is 0 Å². The number of hydrogen-bond acceptors (Lipinski definition) is 2. The molecule has 4 heteroatoms. The second kappa shape index (κ2) is 6.74. The first-order valence-electron chi connectivity index (χ1n) is 7.31. The molecule has 1 aromatic rings. The van der Waals surface area contributed by atoms with E-state index in [-0.39, 0.29) is 11.8 Å². The Labute approximate surface area is 127 Å². The zero-order valence-corrected chi connectivity index (χ0v) is 13.8. The Morgan fingerprint density at radius 2 is 1.71 bits per heavy atom. The number of anilines is 1. The second-order valence-electron chi connectivity index (χ2n) is 6.48. The second-order valence-corrected chi connectivity index (χ2v) is 6.48. The summed E-state index contributed by atoms with van der Waals surface area (Å²) < 4.78 is 0. The lowest BCUT2D eigenvalue weighted by Gasteiger charge is -2.23. The molecule has 0 unspecified atom stereocenters. The first-order valence-corrected chi connectivity index (χ1v) is 7.31. The van der Waals surface area contributed by atoms with Crippen molar-refractivity contribution in [3.8, 4) is 0 Å². The topological polar surface area (TPSA) is 58.2 Å². The van der Waals surface area contributed by atoms with Gasteiger partial charge < -0.3 is 10.6 Å². The van der Waals surface area contributed by atoms with Gasteiger partial charge >= 0.3 is 0 Å². The van der Waals surface area contributed by atoms with Crippen LogP contribution in [0.3, 0.4) is 0 Å². The van der Waals surface area contributed by atoms with E-state index in [0.29, 0.717) is 18.2 Å². The number of benzene rings is 1. The highest BCUT2D eigenvalue weighted by atomic mass is 16.2. The van der Waals surface area contributed by atoms with Gasteiger partial charge in [-0.15, -0.1) is 0 Å². The van der Waals surface area contributed by atoms with Crippen molar-refractivity contribution in [2.24, 2.45) is 11.3 Å². The summed E-state index contributed by atoms with van der Waals surface area (Å²) in [6.45, 7) is 11.9. The third kappa shape index (κ3) is 4.59. The van der Waals surface area contributed by atoms with Crippen LogP contribution in [-0.2, 0) is 9.59 Å². The molecule has 0 saturated carbocycles. The maximum atomic E-state index is 12.3. The van der Waals surface area contributed by atoms with Crippen molar-refractivity contribution in [3.63, 3.8) is 0 Å².